The molecular formula is C108H129FN18O12S8. The fraction of sp³-hybridized carbons (Fsp3) is 0.426. The summed E-state index contributed by atoms with van der Waals surface area (Å²) in [7, 11) is 0. The predicted octanol–water partition coefficient (Wildman–Crippen LogP) is 23.3. The van der Waals surface area contributed by atoms with Gasteiger partial charge in [0.25, 0.3) is 23.6 Å². The standard InChI is InChI=1S/C28H34N4O3S2.C27H31FN4O3S2.C27H33N5O3S2.C26H31N5O3S2/c1-6-23(33)31-21-10-9-20(12-18(21)2)27(34)32-11-7-8-19(16-32)13-25-30-15-26(37-25)36-17-24-29-14-22(35-24)28(3,4)5;1-5-22(33)31-20-9-8-18(12-19(20)28)26(34)32-10-6-7-17(15-32)11-24-30-14-25(37-24)36-16-23-29-13-21(35-23)27(2,3)4;1-6-22(33)31-19-9-10-20(28-13-19)25(34)32-11-7-8-18(15-32)12-24-30-17(2)26(37-24)36-16-23-29-14-21(35-23)27(3,4)5;1-5-21(32)30-18-8-9-19(27-12-18)25(33)31-10-6-7-17(15-31)11-23-29-14-24(36-23)35-16-22-28-13-20(34-22)26(2,3)4/h6,9-10,12,14-15,19H,1,7-8,11,13,16-17H2,2-5H3,(H,31,33);5,8-9,12-14,17H,1,6-7,10-11,15-16H2,2-4H3,(H,31,33);6,9-10,13-14,18H,1,7-8,11-12,15-16H2,2-5H3,(H,31,33);5,8-9,12-14,17H,1,6-7,10-11,15-16H2,2-4H3,(H,30,32)/t19-;17-;18-;17-/m0000/s1. The van der Waals surface area contributed by atoms with Crippen LogP contribution in [0.3, 0.4) is 0 Å². The highest BCUT2D eigenvalue weighted by Crippen LogP contribution is 2.40. The van der Waals surface area contributed by atoms with Gasteiger partial charge in [0.15, 0.2) is 0 Å². The second-order valence-electron chi connectivity index (χ2n) is 40.5. The number of nitrogens with zero attached hydrogens (tertiary/aromatic N) is 14. The third-order valence-electron chi connectivity index (χ3n) is 24.4. The minimum atomic E-state index is -0.651. The molecule has 4 N–H and O–H groups in total. The number of anilines is 4. The lowest BCUT2D eigenvalue weighted by Crippen LogP contribution is -2.40. The van der Waals surface area contributed by atoms with Crippen LogP contribution in [0.25, 0.3) is 0 Å². The second kappa shape index (κ2) is 51.9. The van der Waals surface area contributed by atoms with Crippen molar-refractivity contribution in [2.75, 3.05) is 73.6 Å². The van der Waals surface area contributed by atoms with Crippen molar-refractivity contribution in [2.45, 2.75) is 235 Å². The minimum Gasteiger partial charge on any atom is -0.444 e. The fourth-order valence-corrected chi connectivity index (χ4v) is 24.6. The average Bonchev–Trinajstić information content (AvgIpc) is 1.71. The number of piperidine rings is 4. The van der Waals surface area contributed by atoms with Crippen LogP contribution >= 0.6 is 92.4 Å². The lowest BCUT2D eigenvalue weighted by molar-refractivity contribution is -0.112. The molecule has 4 atom stereocenters. The Hall–Kier alpha value is -11.9. The van der Waals surface area contributed by atoms with Gasteiger partial charge in [-0.3, -0.25) is 38.4 Å². The van der Waals surface area contributed by atoms with E-state index in [1.54, 1.807) is 140 Å². The Morgan fingerprint density at radius 3 is 1.02 bits per heavy atom. The lowest BCUT2D eigenvalue weighted by Gasteiger charge is -2.32. The summed E-state index contributed by atoms with van der Waals surface area (Å²) >= 11 is 13.5. The summed E-state index contributed by atoms with van der Waals surface area (Å²) in [5, 5.41) is 14.8. The molecule has 4 aliphatic heterocycles. The number of thioether (sulfide) groups is 4. The molecule has 0 bridgehead atoms. The number of aromatic nitrogens is 10. The van der Waals surface area contributed by atoms with Crippen molar-refractivity contribution in [3.63, 3.8) is 0 Å². The molecular weight excluding hydrogens is 2020 g/mol. The van der Waals surface area contributed by atoms with Gasteiger partial charge in [0.2, 0.25) is 47.2 Å². The number of halogens is 1. The van der Waals surface area contributed by atoms with Crippen LogP contribution in [-0.4, -0.2) is 169 Å². The number of carbonyl (C=O) groups is 8. The smallest absolute Gasteiger partial charge is 0.272 e. The van der Waals surface area contributed by atoms with Gasteiger partial charge >= 0.3 is 0 Å². The first-order valence-electron chi connectivity index (χ1n) is 48.9. The van der Waals surface area contributed by atoms with Crippen LogP contribution in [0.15, 0.2) is 202 Å². The van der Waals surface area contributed by atoms with Gasteiger partial charge in [0, 0.05) is 117 Å². The summed E-state index contributed by atoms with van der Waals surface area (Å²) in [6, 6.07) is 16.2. The number of oxazole rings is 4. The minimum absolute atomic E-state index is 0.0212. The lowest BCUT2D eigenvalue weighted by atomic mass is 9.94. The third kappa shape index (κ3) is 33.3. The van der Waals surface area contributed by atoms with Crippen molar-refractivity contribution in [2.24, 2.45) is 23.7 Å². The van der Waals surface area contributed by atoms with Crippen LogP contribution in [0, 0.1) is 43.3 Å². The van der Waals surface area contributed by atoms with Crippen LogP contribution < -0.4 is 21.3 Å². The Bertz CT molecular complexity index is 6390. The first kappa shape index (κ1) is 112. The van der Waals surface area contributed by atoms with Crippen LogP contribution in [-0.2, 0) is 89.5 Å². The van der Waals surface area contributed by atoms with E-state index in [0.29, 0.717) is 113 Å². The van der Waals surface area contributed by atoms with Crippen LogP contribution in [0.2, 0.25) is 0 Å². The van der Waals surface area contributed by atoms with Gasteiger partial charge in [-0.1, -0.05) is 109 Å². The number of amides is 8. The normalized spacial score (nSPS) is 16.0. The largest absolute Gasteiger partial charge is 0.444 e. The quantitative estimate of drug-likeness (QED) is 0.0225. The molecule has 147 heavy (non-hydrogen) atoms. The molecule has 778 valence electrons. The maximum absolute atomic E-state index is 14.4. The summed E-state index contributed by atoms with van der Waals surface area (Å²) in [4.78, 5) is 151. The maximum Gasteiger partial charge on any atom is 0.272 e. The monoisotopic (exact) mass is 2140 g/mol. The highest BCUT2D eigenvalue weighted by molar-refractivity contribution is 8.01. The Morgan fingerprint density at radius 1 is 0.381 bits per heavy atom. The molecule has 4 fully saturated rings. The number of aryl methyl sites for hydroxylation is 2. The van der Waals surface area contributed by atoms with E-state index in [1.165, 1.54) is 53.0 Å². The topological polar surface area (TPSA) is 379 Å². The Kier molecular flexibility index (Phi) is 39.6. The molecule has 0 radical (unpaired) electrons. The third-order valence-corrected chi connectivity index (χ3v) is 33.6. The van der Waals surface area contributed by atoms with E-state index in [-0.39, 0.29) is 74.3 Å². The van der Waals surface area contributed by atoms with Gasteiger partial charge in [-0.05, 0) is 179 Å². The summed E-state index contributed by atoms with van der Waals surface area (Å²) in [6.07, 6.45) is 32.0. The molecule has 39 heteroatoms. The first-order chi connectivity index (χ1) is 70.1. The van der Waals surface area contributed by atoms with E-state index >= 15 is 0 Å². The fourth-order valence-electron chi connectivity index (χ4n) is 16.4. The molecule has 12 aromatic rings. The van der Waals surface area contributed by atoms with Crippen molar-refractivity contribution in [3.8, 4) is 0 Å². The molecule has 2 aromatic carbocycles. The van der Waals surface area contributed by atoms with Gasteiger partial charge in [0.05, 0.1) is 138 Å². The Labute approximate surface area is 891 Å². The second-order valence-corrected chi connectivity index (χ2v) is 50.0. The van der Waals surface area contributed by atoms with Gasteiger partial charge in [0.1, 0.15) is 40.2 Å². The molecule has 0 saturated carbocycles. The van der Waals surface area contributed by atoms with E-state index < -0.39 is 11.7 Å². The van der Waals surface area contributed by atoms with Crippen molar-refractivity contribution in [3.05, 3.63) is 273 Å². The highest BCUT2D eigenvalue weighted by Gasteiger charge is 2.34. The maximum atomic E-state index is 14.4. The van der Waals surface area contributed by atoms with E-state index in [2.05, 4.69) is 176 Å². The number of thiazole rings is 4. The first-order valence-corrected chi connectivity index (χ1v) is 56.1. The van der Waals surface area contributed by atoms with Crippen molar-refractivity contribution in [1.29, 1.82) is 0 Å². The Balaban J connectivity index is 0.000000164. The number of carbonyl (C=O) groups excluding carboxylic acids is 8. The predicted molar refractivity (Wildman–Crippen MR) is 583 cm³/mol. The summed E-state index contributed by atoms with van der Waals surface area (Å²) in [5.41, 5.74) is 5.10. The van der Waals surface area contributed by atoms with E-state index in [0.717, 1.165) is 194 Å². The molecule has 0 spiro atoms. The number of pyridine rings is 2. The molecule has 16 rings (SSSR count). The van der Waals surface area contributed by atoms with Crippen LogP contribution in [0.4, 0.5) is 27.1 Å². The Morgan fingerprint density at radius 2 is 0.701 bits per heavy atom. The summed E-state index contributed by atoms with van der Waals surface area (Å²) in [5.74, 6) is 8.13. The molecule has 0 unspecified atom stereocenters. The van der Waals surface area contributed by atoms with Gasteiger partial charge in [-0.25, -0.2) is 54.2 Å². The number of benzene rings is 2. The molecule has 8 amide bonds. The zero-order valence-electron chi connectivity index (χ0n) is 85.7. The molecule has 14 heterocycles. The SMILES string of the molecule is C=CC(=O)Nc1ccc(C(=O)N2CCC[C@@H](Cc3nc(C)c(SCc4ncc(C(C)(C)C)o4)s3)C2)nc1.C=CC(=O)Nc1ccc(C(=O)N2CCC[C@@H](Cc3ncc(SCc4ncc(C(C)(C)C)o4)s3)C2)cc1C.C=CC(=O)Nc1ccc(C(=O)N2CCC[C@@H](Cc3ncc(SCc4ncc(C(C)(C)C)o4)s3)C2)cc1F.C=CC(=O)Nc1ccc(C(=O)N2CCC[C@@H](Cc3ncc(SCc4ncc(C(C)(C)C)o4)s3)C2)nc1. The number of nitrogens with one attached hydrogen (secondary N) is 4. The summed E-state index contributed by atoms with van der Waals surface area (Å²) in [6.45, 7) is 48.4. The number of hydrogen-bond acceptors (Lipinski definition) is 30. The molecule has 0 aliphatic carbocycles. The number of rotatable bonds is 32. The molecule has 4 aliphatic rings. The summed E-state index contributed by atoms with van der Waals surface area (Å²) < 4.78 is 42.6. The zero-order valence-corrected chi connectivity index (χ0v) is 92.2. The van der Waals surface area contributed by atoms with Gasteiger partial charge in [-0.2, -0.15) is 0 Å². The van der Waals surface area contributed by atoms with Gasteiger partial charge in [-0.15, -0.1) is 92.4 Å². The van der Waals surface area contributed by atoms with E-state index in [4.69, 9.17) is 22.7 Å². The van der Waals surface area contributed by atoms with Crippen molar-refractivity contribution in [1.82, 2.24) is 69.4 Å². The van der Waals surface area contributed by atoms with Gasteiger partial charge < -0.3 is 58.5 Å². The molecule has 10 aromatic heterocycles. The number of likely N-dealkylation sites (tertiary alicyclic amines) is 4. The van der Waals surface area contributed by atoms with Crippen LogP contribution in [0.5, 0.6) is 0 Å². The highest BCUT2D eigenvalue weighted by atomic mass is 32.2. The average molecular weight is 2150 g/mol. The van der Waals surface area contributed by atoms with Crippen LogP contribution in [0.1, 0.15) is 254 Å². The van der Waals surface area contributed by atoms with Crippen molar-refractivity contribution < 1.29 is 60.4 Å². The molecule has 4 saturated heterocycles. The van der Waals surface area contributed by atoms with E-state index in [1.807, 2.05) is 71.8 Å². The molecule has 30 nitrogen and oxygen atoms in total. The number of hydrogen-bond donors (Lipinski definition) is 4. The van der Waals surface area contributed by atoms with Crippen molar-refractivity contribution >= 4 is 162 Å². The van der Waals surface area contributed by atoms with E-state index in [9.17, 15) is 42.7 Å². The zero-order chi connectivity index (χ0) is 105.